The monoisotopic (exact) mass is 350 g/mol. The van der Waals surface area contributed by atoms with E-state index in [9.17, 15) is 0 Å². The molecule has 24 heavy (non-hydrogen) atoms. The zero-order valence-corrected chi connectivity index (χ0v) is 13.8. The predicted octanol–water partition coefficient (Wildman–Crippen LogP) is -0.0581. The van der Waals surface area contributed by atoms with Crippen LogP contribution in [0.2, 0.25) is 0 Å². The maximum absolute atomic E-state index is 8.49. The first-order chi connectivity index (χ1) is 11.3. The average molecular weight is 351 g/mol. The number of hydrogen-bond acceptors (Lipinski definition) is 5. The van der Waals surface area contributed by atoms with Crippen molar-refractivity contribution in [2.24, 2.45) is 0 Å². The van der Waals surface area contributed by atoms with Crippen molar-refractivity contribution in [1.82, 2.24) is 0 Å². The molecule has 1 heterocycles. The first-order valence-electron chi connectivity index (χ1n) is 6.87. The molecule has 0 radical (unpaired) electrons. The molecule has 0 bridgehead atoms. The van der Waals surface area contributed by atoms with Crippen LogP contribution in [0.15, 0.2) is 59.0 Å². The van der Waals surface area contributed by atoms with Crippen LogP contribution in [0, 0.1) is 17.2 Å². The van der Waals surface area contributed by atoms with E-state index in [2.05, 4.69) is 13.0 Å². The van der Waals surface area contributed by atoms with Gasteiger partial charge in [-0.1, -0.05) is 18.2 Å². The second kappa shape index (κ2) is 7.57. The minimum atomic E-state index is -4.94. The number of benzene rings is 2. The Morgan fingerprint density at radius 1 is 0.917 bits per heavy atom. The summed E-state index contributed by atoms with van der Waals surface area (Å²) in [6.07, 6.45) is 0. The summed E-state index contributed by atoms with van der Waals surface area (Å²) in [5.41, 5.74) is 3.08. The normalized spacial score (nSPS) is 10.9. The van der Waals surface area contributed by atoms with Crippen LogP contribution in [-0.4, -0.2) is 7.11 Å². The van der Waals surface area contributed by atoms with Gasteiger partial charge in [0.05, 0.1) is 12.7 Å². The maximum atomic E-state index is 8.49. The van der Waals surface area contributed by atoms with Gasteiger partial charge in [-0.3, -0.25) is 0 Å². The lowest BCUT2D eigenvalue weighted by Gasteiger charge is -2.17. The van der Waals surface area contributed by atoms with Gasteiger partial charge >= 0.3 is 11.3 Å². The zero-order valence-electron chi connectivity index (χ0n) is 13.0. The fourth-order valence-electron chi connectivity index (χ4n) is 2.32. The quantitative estimate of drug-likeness (QED) is 0.598. The molecule has 0 atom stereocenters. The first-order valence-corrected chi connectivity index (χ1v) is 8.10. The van der Waals surface area contributed by atoms with Gasteiger partial charge in [0.2, 0.25) is 0 Å². The van der Waals surface area contributed by atoms with Crippen molar-refractivity contribution in [3.05, 3.63) is 60.2 Å². The highest BCUT2D eigenvalue weighted by atomic mass is 35.7. The summed E-state index contributed by atoms with van der Waals surface area (Å²) >= 11 is 0. The van der Waals surface area contributed by atoms with Gasteiger partial charge in [0.25, 0.3) is 0 Å². The Labute approximate surface area is 140 Å². The molecule has 0 N–H and O–H groups in total. The number of halogens is 1. The molecular formula is C17H15ClO6. The van der Waals surface area contributed by atoms with E-state index in [1.807, 2.05) is 48.5 Å². The molecule has 3 rings (SSSR count). The third kappa shape index (κ3) is 4.89. The maximum Gasteiger partial charge on any atom is 0.364 e. The Kier molecular flexibility index (Phi) is 5.71. The van der Waals surface area contributed by atoms with Crippen LogP contribution in [0.3, 0.4) is 0 Å². The molecule has 0 amide bonds. The molecule has 0 spiro atoms. The van der Waals surface area contributed by atoms with Crippen molar-refractivity contribution < 1.29 is 38.0 Å². The molecule has 0 unspecified atom stereocenters. The molecule has 0 saturated carbocycles. The van der Waals surface area contributed by atoms with Crippen molar-refractivity contribution in [2.75, 3.05) is 7.11 Å². The third-order valence-electron chi connectivity index (χ3n) is 3.23. The van der Waals surface area contributed by atoms with E-state index in [4.69, 9.17) is 27.8 Å². The molecule has 0 aliphatic carbocycles. The van der Waals surface area contributed by atoms with Gasteiger partial charge in [0.1, 0.15) is 11.1 Å². The van der Waals surface area contributed by atoms with E-state index in [1.165, 1.54) is 0 Å². The SMILES string of the molecule is COc1cccc2[o+]c(-c3ccccc3)cc(C)c12.[O-][Cl+3]([O-])([O-])[O-]. The van der Waals surface area contributed by atoms with Crippen molar-refractivity contribution >= 4 is 11.0 Å². The molecule has 0 saturated heterocycles. The van der Waals surface area contributed by atoms with E-state index in [0.29, 0.717) is 0 Å². The standard InChI is InChI=1S/C17H15O2.ClHO4/c1-12-11-16(13-7-4-3-5-8-13)19-15-10-6-9-14(18-2)17(12)15;2-1(3,4)5/h3-11H,1-2H3;(H,2,3,4,5)/q+1;/p-1. The van der Waals surface area contributed by atoms with Gasteiger partial charge in [0.15, 0.2) is 0 Å². The summed E-state index contributed by atoms with van der Waals surface area (Å²) in [6.45, 7) is 2.08. The largest absolute Gasteiger partial charge is 0.496 e. The number of methoxy groups -OCH3 is 1. The molecule has 126 valence electrons. The van der Waals surface area contributed by atoms with E-state index >= 15 is 0 Å². The number of hydrogen-bond donors (Lipinski definition) is 0. The van der Waals surface area contributed by atoms with Crippen LogP contribution in [0.25, 0.3) is 22.3 Å². The Morgan fingerprint density at radius 3 is 2.12 bits per heavy atom. The average Bonchev–Trinajstić information content (AvgIpc) is 2.53. The Hall–Kier alpha value is -2.22. The van der Waals surface area contributed by atoms with Gasteiger partial charge in [0, 0.05) is 12.1 Å². The summed E-state index contributed by atoms with van der Waals surface area (Å²) < 4.78 is 45.4. The number of ether oxygens (including phenoxy) is 1. The highest BCUT2D eigenvalue weighted by Crippen LogP contribution is 2.32. The first kappa shape index (κ1) is 18.1. The van der Waals surface area contributed by atoms with Crippen LogP contribution in [0.5, 0.6) is 5.75 Å². The third-order valence-corrected chi connectivity index (χ3v) is 3.23. The van der Waals surface area contributed by atoms with Gasteiger partial charge in [-0.2, -0.15) is 0 Å². The number of rotatable bonds is 2. The Morgan fingerprint density at radius 2 is 1.54 bits per heavy atom. The van der Waals surface area contributed by atoms with Gasteiger partial charge in [-0.25, -0.2) is 23.1 Å². The number of fused-ring (bicyclic) bond motifs is 1. The smallest absolute Gasteiger partial charge is 0.364 e. The molecule has 0 aliphatic rings. The summed E-state index contributed by atoms with van der Waals surface area (Å²) in [6, 6.07) is 18.0. The lowest BCUT2D eigenvalue weighted by atomic mass is 10.1. The van der Waals surface area contributed by atoms with Crippen molar-refractivity contribution in [2.45, 2.75) is 6.92 Å². The molecule has 7 heteroatoms. The molecule has 2 aromatic carbocycles. The fraction of sp³-hybridized carbons (Fsp3) is 0.118. The van der Waals surface area contributed by atoms with Gasteiger partial charge in [-0.05, 0) is 36.8 Å². The molecule has 0 aliphatic heterocycles. The van der Waals surface area contributed by atoms with Crippen LogP contribution in [-0.2, 0) is 0 Å². The van der Waals surface area contributed by atoms with Crippen molar-refractivity contribution in [1.29, 1.82) is 0 Å². The van der Waals surface area contributed by atoms with E-state index in [-0.39, 0.29) is 0 Å². The Balaban J connectivity index is 0.000000368. The molecule has 1 aromatic heterocycles. The molecule has 3 aromatic rings. The highest BCUT2D eigenvalue weighted by molar-refractivity contribution is 5.88. The summed E-state index contributed by atoms with van der Waals surface area (Å²) in [7, 11) is -3.26. The number of aryl methyl sites for hydroxylation is 1. The van der Waals surface area contributed by atoms with Crippen molar-refractivity contribution in [3.8, 4) is 17.1 Å². The summed E-state index contributed by atoms with van der Waals surface area (Å²) in [5.74, 6) is 1.72. The second-order valence-corrected chi connectivity index (χ2v) is 5.63. The van der Waals surface area contributed by atoms with Crippen molar-refractivity contribution in [3.63, 3.8) is 0 Å². The lowest BCUT2D eigenvalue weighted by Crippen LogP contribution is -2.68. The molecule has 6 nitrogen and oxygen atoms in total. The summed E-state index contributed by atoms with van der Waals surface area (Å²) in [5, 5.41) is 1.03. The van der Waals surface area contributed by atoms with Crippen LogP contribution < -0.4 is 23.4 Å². The molecular weight excluding hydrogens is 336 g/mol. The zero-order chi connectivity index (χ0) is 17.7. The lowest BCUT2D eigenvalue weighted by molar-refractivity contribution is -2.00. The Bertz CT molecular complexity index is 808. The second-order valence-electron chi connectivity index (χ2n) is 4.87. The van der Waals surface area contributed by atoms with Gasteiger partial charge in [-0.15, -0.1) is 10.2 Å². The highest BCUT2D eigenvalue weighted by Gasteiger charge is 2.19. The fourth-order valence-corrected chi connectivity index (χ4v) is 2.32. The minimum absolute atomic E-state index is 0.846. The van der Waals surface area contributed by atoms with E-state index < -0.39 is 10.2 Å². The topological polar surface area (TPSA) is 113 Å². The van der Waals surface area contributed by atoms with E-state index in [0.717, 1.165) is 33.6 Å². The van der Waals surface area contributed by atoms with E-state index in [1.54, 1.807) is 7.11 Å². The van der Waals surface area contributed by atoms with Crippen LogP contribution >= 0.6 is 0 Å². The minimum Gasteiger partial charge on any atom is -0.496 e. The van der Waals surface area contributed by atoms with Crippen LogP contribution in [0.1, 0.15) is 5.56 Å². The van der Waals surface area contributed by atoms with Gasteiger partial charge < -0.3 is 4.74 Å². The predicted molar refractivity (Wildman–Crippen MR) is 77.3 cm³/mol. The molecule has 0 fully saturated rings. The summed E-state index contributed by atoms with van der Waals surface area (Å²) in [4.78, 5) is 0. The van der Waals surface area contributed by atoms with Crippen LogP contribution in [0.4, 0.5) is 0 Å².